The first-order valence-electron chi connectivity index (χ1n) is 9.63. The Morgan fingerprint density at radius 1 is 1.25 bits per heavy atom. The lowest BCUT2D eigenvalue weighted by atomic mass is 9.81. The fourth-order valence-electron chi connectivity index (χ4n) is 3.99. The fourth-order valence-corrected chi connectivity index (χ4v) is 3.99. The number of para-hydroxylation sites is 1. The van der Waals surface area contributed by atoms with Gasteiger partial charge in [-0.05, 0) is 51.7 Å². The Morgan fingerprint density at radius 2 is 2.00 bits per heavy atom. The molecule has 0 saturated heterocycles. The standard InChI is InChI=1S/C21H24N4O3/c1-13-17(11-22-14(2)24-13)20(27)25-15-7-9-21(10-8-15)12-23-19(26)16-5-3-4-6-18(16)28-21/h3-6,11,15H,7-10,12H2,1-2H3,(H,23,26)(H,25,27). The van der Waals surface area contributed by atoms with Crippen LogP contribution in [0.25, 0.3) is 0 Å². The number of nitrogens with zero attached hydrogens (tertiary/aromatic N) is 2. The number of hydrogen-bond acceptors (Lipinski definition) is 5. The minimum absolute atomic E-state index is 0.0663. The third kappa shape index (κ3) is 3.56. The molecular formula is C21H24N4O3. The number of aryl methyl sites for hydroxylation is 2. The highest BCUT2D eigenvalue weighted by Crippen LogP contribution is 2.36. The summed E-state index contributed by atoms with van der Waals surface area (Å²) < 4.78 is 6.31. The molecule has 2 amide bonds. The highest BCUT2D eigenvalue weighted by atomic mass is 16.5. The zero-order chi connectivity index (χ0) is 19.7. The molecule has 7 nitrogen and oxygen atoms in total. The average Bonchev–Trinajstić information content (AvgIpc) is 2.81. The Balaban J connectivity index is 1.42. The van der Waals surface area contributed by atoms with Gasteiger partial charge in [0.05, 0.1) is 23.4 Å². The van der Waals surface area contributed by atoms with Gasteiger partial charge in [0.2, 0.25) is 0 Å². The first-order valence-corrected chi connectivity index (χ1v) is 9.63. The largest absolute Gasteiger partial charge is 0.485 e. The molecule has 0 radical (unpaired) electrons. The summed E-state index contributed by atoms with van der Waals surface area (Å²) in [6.07, 6.45) is 4.68. The maximum Gasteiger partial charge on any atom is 0.255 e. The van der Waals surface area contributed by atoms with Crippen LogP contribution in [-0.2, 0) is 0 Å². The lowest BCUT2D eigenvalue weighted by molar-refractivity contribution is 0.0261. The van der Waals surface area contributed by atoms with E-state index in [0.29, 0.717) is 34.9 Å². The predicted molar refractivity (Wildman–Crippen MR) is 103 cm³/mol. The van der Waals surface area contributed by atoms with Crippen LogP contribution in [0, 0.1) is 13.8 Å². The molecule has 1 aliphatic heterocycles. The Hall–Kier alpha value is -2.96. The van der Waals surface area contributed by atoms with Gasteiger partial charge in [-0.25, -0.2) is 9.97 Å². The normalized spacial score (nSPS) is 23.9. The van der Waals surface area contributed by atoms with Crippen LogP contribution in [-0.4, -0.2) is 40.0 Å². The minimum Gasteiger partial charge on any atom is -0.485 e. The number of carbonyl (C=O) groups is 2. The van der Waals surface area contributed by atoms with Crippen molar-refractivity contribution in [2.45, 2.75) is 51.2 Å². The number of nitrogens with one attached hydrogen (secondary N) is 2. The summed E-state index contributed by atoms with van der Waals surface area (Å²) in [4.78, 5) is 33.3. The van der Waals surface area contributed by atoms with Crippen LogP contribution < -0.4 is 15.4 Å². The van der Waals surface area contributed by atoms with E-state index in [1.165, 1.54) is 0 Å². The van der Waals surface area contributed by atoms with Crippen molar-refractivity contribution in [2.75, 3.05) is 6.54 Å². The zero-order valence-corrected chi connectivity index (χ0v) is 16.1. The van der Waals surface area contributed by atoms with Gasteiger partial charge < -0.3 is 15.4 Å². The zero-order valence-electron chi connectivity index (χ0n) is 16.1. The van der Waals surface area contributed by atoms with Crippen molar-refractivity contribution in [3.8, 4) is 5.75 Å². The average molecular weight is 380 g/mol. The molecule has 0 atom stereocenters. The van der Waals surface area contributed by atoms with Crippen molar-refractivity contribution in [1.29, 1.82) is 0 Å². The third-order valence-corrected chi connectivity index (χ3v) is 5.61. The second-order valence-corrected chi connectivity index (χ2v) is 7.63. The molecule has 7 heteroatoms. The third-order valence-electron chi connectivity index (χ3n) is 5.61. The van der Waals surface area contributed by atoms with E-state index >= 15 is 0 Å². The quantitative estimate of drug-likeness (QED) is 0.834. The molecule has 146 valence electrons. The molecular weight excluding hydrogens is 356 g/mol. The predicted octanol–water partition coefficient (Wildman–Crippen LogP) is 2.33. The second-order valence-electron chi connectivity index (χ2n) is 7.63. The van der Waals surface area contributed by atoms with Gasteiger partial charge in [-0.15, -0.1) is 0 Å². The first kappa shape index (κ1) is 18.4. The van der Waals surface area contributed by atoms with Gasteiger partial charge in [0.15, 0.2) is 0 Å². The van der Waals surface area contributed by atoms with Gasteiger partial charge in [0, 0.05) is 12.2 Å². The van der Waals surface area contributed by atoms with Gasteiger partial charge in [0.25, 0.3) is 11.8 Å². The molecule has 2 N–H and O–H groups in total. The molecule has 1 spiro atoms. The van der Waals surface area contributed by atoms with Crippen molar-refractivity contribution in [3.05, 3.63) is 53.1 Å². The highest BCUT2D eigenvalue weighted by Gasteiger charge is 2.40. The summed E-state index contributed by atoms with van der Waals surface area (Å²) in [6, 6.07) is 7.40. The van der Waals surface area contributed by atoms with Crippen molar-refractivity contribution >= 4 is 11.8 Å². The fraction of sp³-hybridized carbons (Fsp3) is 0.429. The van der Waals surface area contributed by atoms with E-state index in [0.717, 1.165) is 25.7 Å². The molecule has 4 rings (SSSR count). The van der Waals surface area contributed by atoms with Crippen molar-refractivity contribution < 1.29 is 14.3 Å². The molecule has 28 heavy (non-hydrogen) atoms. The molecule has 1 aliphatic carbocycles. The van der Waals surface area contributed by atoms with E-state index in [4.69, 9.17) is 4.74 Å². The number of carbonyl (C=O) groups excluding carboxylic acids is 2. The molecule has 1 saturated carbocycles. The van der Waals surface area contributed by atoms with Crippen LogP contribution in [0.2, 0.25) is 0 Å². The molecule has 1 fully saturated rings. The number of amides is 2. The van der Waals surface area contributed by atoms with Crippen molar-refractivity contribution in [1.82, 2.24) is 20.6 Å². The second kappa shape index (κ2) is 7.22. The van der Waals surface area contributed by atoms with E-state index in [1.807, 2.05) is 25.1 Å². The highest BCUT2D eigenvalue weighted by molar-refractivity contribution is 5.97. The topological polar surface area (TPSA) is 93.2 Å². The van der Waals surface area contributed by atoms with Gasteiger partial charge >= 0.3 is 0 Å². The molecule has 2 heterocycles. The van der Waals surface area contributed by atoms with E-state index in [1.54, 1.807) is 19.2 Å². The summed E-state index contributed by atoms with van der Waals surface area (Å²) >= 11 is 0. The molecule has 0 unspecified atom stereocenters. The van der Waals surface area contributed by atoms with Gasteiger partial charge in [0.1, 0.15) is 17.2 Å². The lowest BCUT2D eigenvalue weighted by Gasteiger charge is -2.39. The van der Waals surface area contributed by atoms with Crippen LogP contribution in [0.15, 0.2) is 30.5 Å². The summed E-state index contributed by atoms with van der Waals surface area (Å²) in [5.74, 6) is 1.05. The SMILES string of the molecule is Cc1ncc(C(=O)NC2CCC3(CC2)CNC(=O)c2ccccc2O3)c(C)n1. The van der Waals surface area contributed by atoms with E-state index < -0.39 is 5.60 Å². The molecule has 1 aromatic carbocycles. The van der Waals surface area contributed by atoms with E-state index in [2.05, 4.69) is 20.6 Å². The summed E-state index contributed by atoms with van der Waals surface area (Å²) in [5.41, 5.74) is 1.35. The maximum absolute atomic E-state index is 12.6. The smallest absolute Gasteiger partial charge is 0.255 e. The maximum atomic E-state index is 12.6. The lowest BCUT2D eigenvalue weighted by Crippen LogP contribution is -2.51. The van der Waals surface area contributed by atoms with E-state index in [-0.39, 0.29) is 17.9 Å². The molecule has 2 aromatic rings. The minimum atomic E-state index is -0.424. The van der Waals surface area contributed by atoms with Crippen LogP contribution in [0.1, 0.15) is 57.9 Å². The van der Waals surface area contributed by atoms with Crippen LogP contribution >= 0.6 is 0 Å². The Kier molecular flexibility index (Phi) is 4.75. The van der Waals surface area contributed by atoms with Gasteiger partial charge in [-0.2, -0.15) is 0 Å². The van der Waals surface area contributed by atoms with Crippen LogP contribution in [0.5, 0.6) is 5.75 Å². The van der Waals surface area contributed by atoms with Gasteiger partial charge in [-0.1, -0.05) is 12.1 Å². The number of hydrogen-bond donors (Lipinski definition) is 2. The van der Waals surface area contributed by atoms with Gasteiger partial charge in [-0.3, -0.25) is 9.59 Å². The molecule has 2 aliphatic rings. The molecule has 1 aromatic heterocycles. The monoisotopic (exact) mass is 380 g/mol. The Bertz CT molecular complexity index is 920. The molecule has 0 bridgehead atoms. The van der Waals surface area contributed by atoms with Crippen LogP contribution in [0.3, 0.4) is 0 Å². The Labute approximate surface area is 163 Å². The number of fused-ring (bicyclic) bond motifs is 1. The van der Waals surface area contributed by atoms with E-state index in [9.17, 15) is 9.59 Å². The first-order chi connectivity index (χ1) is 13.5. The van der Waals surface area contributed by atoms with Crippen molar-refractivity contribution in [3.63, 3.8) is 0 Å². The number of ether oxygens (including phenoxy) is 1. The number of benzene rings is 1. The summed E-state index contributed by atoms with van der Waals surface area (Å²) in [6.45, 7) is 4.10. The van der Waals surface area contributed by atoms with Crippen molar-refractivity contribution in [2.24, 2.45) is 0 Å². The van der Waals surface area contributed by atoms with Crippen LogP contribution in [0.4, 0.5) is 0 Å². The number of aromatic nitrogens is 2. The summed E-state index contributed by atoms with van der Waals surface area (Å²) in [7, 11) is 0. The number of rotatable bonds is 2. The Morgan fingerprint density at radius 3 is 2.75 bits per heavy atom. The summed E-state index contributed by atoms with van der Waals surface area (Å²) in [5, 5.41) is 6.09.